The van der Waals surface area contributed by atoms with Crippen molar-refractivity contribution in [2.24, 2.45) is 0 Å². The summed E-state index contributed by atoms with van der Waals surface area (Å²) in [6.45, 7) is 3.74. The van der Waals surface area contributed by atoms with Gasteiger partial charge in [-0.05, 0) is 51.1 Å². The van der Waals surface area contributed by atoms with E-state index in [1.807, 2.05) is 48.5 Å². The number of halogens is 5. The molecular formula is C27H17F5. The smallest absolute Gasteiger partial charge is 0.206 e. The Morgan fingerprint density at radius 1 is 0.531 bits per heavy atom. The summed E-state index contributed by atoms with van der Waals surface area (Å²) >= 11 is 0. The van der Waals surface area contributed by atoms with E-state index in [1.54, 1.807) is 30.3 Å². The molecule has 0 bridgehead atoms. The second-order valence-corrected chi connectivity index (χ2v) is 7.29. The van der Waals surface area contributed by atoms with Gasteiger partial charge in [-0.25, -0.2) is 8.78 Å². The van der Waals surface area contributed by atoms with Crippen molar-refractivity contribution in [3.05, 3.63) is 114 Å². The zero-order valence-electron chi connectivity index (χ0n) is 16.8. The maximum absolute atomic E-state index is 13.9. The van der Waals surface area contributed by atoms with Gasteiger partial charge in [-0.15, -0.1) is 0 Å². The summed E-state index contributed by atoms with van der Waals surface area (Å²) in [5.74, 6) is -3.26. The van der Waals surface area contributed by atoms with Crippen LogP contribution in [-0.2, 0) is 6.18 Å². The molecular weight excluding hydrogens is 419 g/mol. The minimum Gasteiger partial charge on any atom is -0.206 e. The summed E-state index contributed by atoms with van der Waals surface area (Å²) in [5, 5.41) is 0. The summed E-state index contributed by atoms with van der Waals surface area (Å²) in [4.78, 5) is 0. The molecule has 4 aromatic carbocycles. The molecule has 32 heavy (non-hydrogen) atoms. The molecule has 0 fully saturated rings. The van der Waals surface area contributed by atoms with E-state index < -0.39 is 23.4 Å². The fourth-order valence-corrected chi connectivity index (χ4v) is 3.53. The minimum absolute atomic E-state index is 0.0397. The maximum Gasteiger partial charge on any atom is 0.422 e. The number of rotatable bonds is 4. The quantitative estimate of drug-likeness (QED) is 0.281. The van der Waals surface area contributed by atoms with Crippen LogP contribution in [0.1, 0.15) is 11.1 Å². The van der Waals surface area contributed by atoms with Gasteiger partial charge in [0.05, 0.1) is 0 Å². The van der Waals surface area contributed by atoms with Crippen molar-refractivity contribution in [2.75, 3.05) is 0 Å². The predicted octanol–water partition coefficient (Wildman–Crippen LogP) is 8.63. The van der Waals surface area contributed by atoms with Crippen LogP contribution < -0.4 is 0 Å². The molecule has 0 amide bonds. The lowest BCUT2D eigenvalue weighted by Crippen LogP contribution is -2.11. The normalized spacial score (nSPS) is 11.4. The minimum atomic E-state index is -5.09. The van der Waals surface area contributed by atoms with Crippen molar-refractivity contribution in [2.45, 2.75) is 6.18 Å². The molecule has 0 saturated heterocycles. The van der Waals surface area contributed by atoms with Gasteiger partial charge in [0.1, 0.15) is 17.2 Å². The molecule has 4 rings (SSSR count). The molecule has 0 unspecified atom stereocenters. The van der Waals surface area contributed by atoms with Crippen LogP contribution in [0.2, 0.25) is 0 Å². The van der Waals surface area contributed by atoms with Gasteiger partial charge in [0.25, 0.3) is 0 Å². The molecule has 0 aliphatic heterocycles. The van der Waals surface area contributed by atoms with E-state index in [2.05, 4.69) is 6.58 Å². The summed E-state index contributed by atoms with van der Waals surface area (Å²) in [7, 11) is 0. The molecule has 0 nitrogen and oxygen atoms in total. The number of hydrogen-bond donors (Lipinski definition) is 0. The summed E-state index contributed by atoms with van der Waals surface area (Å²) in [5.41, 5.74) is 3.55. The average molecular weight is 436 g/mol. The predicted molar refractivity (Wildman–Crippen MR) is 118 cm³/mol. The monoisotopic (exact) mass is 436 g/mol. The van der Waals surface area contributed by atoms with Gasteiger partial charge >= 0.3 is 6.18 Å². The molecule has 0 saturated carbocycles. The SMILES string of the molecule is C=Cc1ccc(-c2ccc(-c3ccc(-c4cc(F)c(C(F)(F)F)c(F)c4)cc3)cc2)cc1. The molecule has 0 spiro atoms. The highest BCUT2D eigenvalue weighted by molar-refractivity contribution is 5.73. The van der Waals surface area contributed by atoms with Crippen LogP contribution in [0.3, 0.4) is 0 Å². The lowest BCUT2D eigenvalue weighted by molar-refractivity contribution is -0.142. The van der Waals surface area contributed by atoms with E-state index in [1.165, 1.54) is 0 Å². The van der Waals surface area contributed by atoms with Gasteiger partial charge in [0.2, 0.25) is 0 Å². The van der Waals surface area contributed by atoms with Crippen molar-refractivity contribution < 1.29 is 22.0 Å². The van der Waals surface area contributed by atoms with Crippen molar-refractivity contribution >= 4 is 6.08 Å². The molecule has 0 N–H and O–H groups in total. The van der Waals surface area contributed by atoms with Crippen LogP contribution >= 0.6 is 0 Å². The van der Waals surface area contributed by atoms with E-state index in [-0.39, 0.29) is 5.56 Å². The number of hydrogen-bond acceptors (Lipinski definition) is 0. The fourth-order valence-electron chi connectivity index (χ4n) is 3.53. The standard InChI is InChI=1S/C27H17F5/c1-2-17-3-5-18(6-4-17)19-7-9-20(10-8-19)21-11-13-22(14-12-21)23-15-24(28)26(25(29)16-23)27(30,31)32/h2-16H,1H2. The average Bonchev–Trinajstić information content (AvgIpc) is 2.78. The van der Waals surface area contributed by atoms with Crippen molar-refractivity contribution in [3.63, 3.8) is 0 Å². The van der Waals surface area contributed by atoms with Gasteiger partial charge in [0, 0.05) is 0 Å². The third kappa shape index (κ3) is 4.33. The number of benzene rings is 4. The highest BCUT2D eigenvalue weighted by Gasteiger charge is 2.37. The van der Waals surface area contributed by atoms with Crippen molar-refractivity contribution in [1.29, 1.82) is 0 Å². The Hall–Kier alpha value is -3.73. The third-order valence-electron chi connectivity index (χ3n) is 5.24. The van der Waals surface area contributed by atoms with Crippen LogP contribution in [0.5, 0.6) is 0 Å². The van der Waals surface area contributed by atoms with Gasteiger partial charge in [-0.1, -0.05) is 85.5 Å². The first-order valence-electron chi connectivity index (χ1n) is 9.76. The number of alkyl halides is 3. The van der Waals surface area contributed by atoms with Gasteiger partial charge in [-0.3, -0.25) is 0 Å². The lowest BCUT2D eigenvalue weighted by atomic mass is 9.97. The molecule has 0 heterocycles. The summed E-state index contributed by atoms with van der Waals surface area (Å²) < 4.78 is 66.1. The molecule has 0 aliphatic rings. The molecule has 0 radical (unpaired) electrons. The van der Waals surface area contributed by atoms with E-state index in [0.29, 0.717) is 17.7 Å². The van der Waals surface area contributed by atoms with Crippen LogP contribution in [0.25, 0.3) is 39.5 Å². The second kappa shape index (κ2) is 8.42. The zero-order chi connectivity index (χ0) is 22.9. The Morgan fingerprint density at radius 3 is 1.16 bits per heavy atom. The first-order chi connectivity index (χ1) is 15.3. The van der Waals surface area contributed by atoms with E-state index in [9.17, 15) is 22.0 Å². The van der Waals surface area contributed by atoms with E-state index in [0.717, 1.165) is 27.8 Å². The molecule has 160 valence electrons. The van der Waals surface area contributed by atoms with Gasteiger partial charge < -0.3 is 0 Å². The molecule has 0 aliphatic carbocycles. The Kier molecular flexibility index (Phi) is 5.66. The van der Waals surface area contributed by atoms with Crippen molar-refractivity contribution in [1.82, 2.24) is 0 Å². The topological polar surface area (TPSA) is 0 Å². The van der Waals surface area contributed by atoms with Gasteiger partial charge in [0.15, 0.2) is 0 Å². The highest BCUT2D eigenvalue weighted by atomic mass is 19.4. The van der Waals surface area contributed by atoms with Crippen LogP contribution in [-0.4, -0.2) is 0 Å². The van der Waals surface area contributed by atoms with Crippen LogP contribution in [0.4, 0.5) is 22.0 Å². The third-order valence-corrected chi connectivity index (χ3v) is 5.24. The molecule has 0 atom stereocenters. The highest BCUT2D eigenvalue weighted by Crippen LogP contribution is 2.36. The lowest BCUT2D eigenvalue weighted by Gasteiger charge is -2.12. The Bertz CT molecular complexity index is 1230. The maximum atomic E-state index is 13.9. The van der Waals surface area contributed by atoms with Crippen LogP contribution in [0, 0.1) is 11.6 Å². The van der Waals surface area contributed by atoms with Crippen LogP contribution in [0.15, 0.2) is 91.5 Å². The Morgan fingerprint density at radius 2 is 0.844 bits per heavy atom. The Balaban J connectivity index is 1.58. The second-order valence-electron chi connectivity index (χ2n) is 7.29. The zero-order valence-corrected chi connectivity index (χ0v) is 16.8. The fraction of sp³-hybridized carbons (Fsp3) is 0.0370. The summed E-state index contributed by atoms with van der Waals surface area (Å²) in [6.07, 6.45) is -3.31. The molecule has 5 heteroatoms. The Labute approximate surface area is 182 Å². The van der Waals surface area contributed by atoms with Gasteiger partial charge in [-0.2, -0.15) is 13.2 Å². The van der Waals surface area contributed by atoms with E-state index >= 15 is 0 Å². The summed E-state index contributed by atoms with van der Waals surface area (Å²) in [6, 6.07) is 24.1. The largest absolute Gasteiger partial charge is 0.422 e. The first kappa shape index (κ1) is 21.5. The van der Waals surface area contributed by atoms with E-state index in [4.69, 9.17) is 0 Å². The first-order valence-corrected chi connectivity index (χ1v) is 9.76. The van der Waals surface area contributed by atoms with Crippen molar-refractivity contribution in [3.8, 4) is 33.4 Å². The molecule has 0 aromatic heterocycles. The molecule has 4 aromatic rings.